The number of carbonyl (C=O) groups is 1. The van der Waals surface area contributed by atoms with Gasteiger partial charge in [0.25, 0.3) is 5.69 Å². The lowest BCUT2D eigenvalue weighted by Gasteiger charge is -2.13. The number of non-ortho nitro benzene ring substituents is 1. The Morgan fingerprint density at radius 2 is 1.71 bits per heavy atom. The molecular formula is C21H19N3O3S. The summed E-state index contributed by atoms with van der Waals surface area (Å²) >= 11 is 1.62. The van der Waals surface area contributed by atoms with Crippen LogP contribution in [0.3, 0.4) is 0 Å². The van der Waals surface area contributed by atoms with Crippen LogP contribution >= 0.6 is 11.8 Å². The van der Waals surface area contributed by atoms with Gasteiger partial charge in [-0.25, -0.2) is 0 Å². The molecule has 0 aromatic heterocycles. The summed E-state index contributed by atoms with van der Waals surface area (Å²) in [6.07, 6.45) is 0. The Bertz CT molecular complexity index is 993. The number of nitro benzene ring substituents is 1. The minimum Gasteiger partial charge on any atom is -0.375 e. The van der Waals surface area contributed by atoms with Crippen molar-refractivity contribution in [1.29, 1.82) is 0 Å². The normalized spacial score (nSPS) is 10.3. The van der Waals surface area contributed by atoms with Crippen LogP contribution in [0.5, 0.6) is 0 Å². The van der Waals surface area contributed by atoms with Crippen molar-refractivity contribution >= 4 is 34.7 Å². The standard InChI is InChI=1S/C21H19N3O3S/c1-15-13-16(24(26)27)11-12-18(15)23-21(25)14-22-19-9-5-6-10-20(19)28-17-7-3-2-4-8-17/h2-13,22H,14H2,1H3,(H,23,25). The van der Waals surface area contributed by atoms with Gasteiger partial charge in [-0.2, -0.15) is 0 Å². The van der Waals surface area contributed by atoms with Crippen LogP contribution in [-0.2, 0) is 4.79 Å². The summed E-state index contributed by atoms with van der Waals surface area (Å²) in [5.41, 5.74) is 2.07. The highest BCUT2D eigenvalue weighted by molar-refractivity contribution is 7.99. The Morgan fingerprint density at radius 3 is 2.43 bits per heavy atom. The van der Waals surface area contributed by atoms with E-state index >= 15 is 0 Å². The average molecular weight is 393 g/mol. The summed E-state index contributed by atoms with van der Waals surface area (Å²) in [5, 5.41) is 16.8. The van der Waals surface area contributed by atoms with Crippen molar-refractivity contribution in [3.8, 4) is 0 Å². The van der Waals surface area contributed by atoms with Crippen LogP contribution < -0.4 is 10.6 Å². The minimum atomic E-state index is -0.457. The number of anilines is 2. The summed E-state index contributed by atoms with van der Waals surface area (Å²) in [4.78, 5) is 24.8. The molecule has 1 amide bonds. The molecule has 3 aromatic rings. The Labute approximate surface area is 167 Å². The van der Waals surface area contributed by atoms with Gasteiger partial charge in [0, 0.05) is 33.3 Å². The summed E-state index contributed by atoms with van der Waals surface area (Å²) in [7, 11) is 0. The van der Waals surface area contributed by atoms with Crippen LogP contribution in [0.25, 0.3) is 0 Å². The molecule has 0 radical (unpaired) electrons. The number of carbonyl (C=O) groups excluding carboxylic acids is 1. The van der Waals surface area contributed by atoms with E-state index in [9.17, 15) is 14.9 Å². The van der Waals surface area contributed by atoms with Crippen LogP contribution in [-0.4, -0.2) is 17.4 Å². The topological polar surface area (TPSA) is 84.3 Å². The van der Waals surface area contributed by atoms with Gasteiger partial charge in [0.15, 0.2) is 0 Å². The molecule has 142 valence electrons. The molecule has 0 saturated heterocycles. The van der Waals surface area contributed by atoms with Gasteiger partial charge >= 0.3 is 0 Å². The quantitative estimate of drug-likeness (QED) is 0.431. The summed E-state index contributed by atoms with van der Waals surface area (Å²) in [6.45, 7) is 1.81. The van der Waals surface area contributed by atoms with Crippen molar-refractivity contribution in [2.75, 3.05) is 17.2 Å². The molecule has 2 N–H and O–H groups in total. The fourth-order valence-corrected chi connectivity index (χ4v) is 3.53. The van der Waals surface area contributed by atoms with Gasteiger partial charge in [0.1, 0.15) is 0 Å². The summed E-state index contributed by atoms with van der Waals surface area (Å²) < 4.78 is 0. The second-order valence-corrected chi connectivity index (χ2v) is 7.18. The zero-order valence-electron chi connectivity index (χ0n) is 15.2. The first kappa shape index (κ1) is 19.4. The van der Waals surface area contributed by atoms with Crippen molar-refractivity contribution in [3.63, 3.8) is 0 Å². The van der Waals surface area contributed by atoms with Gasteiger partial charge in [-0.1, -0.05) is 42.1 Å². The molecule has 0 bridgehead atoms. The summed E-state index contributed by atoms with van der Waals surface area (Å²) in [6, 6.07) is 22.2. The van der Waals surface area contributed by atoms with Crippen LogP contribution in [0.4, 0.5) is 17.1 Å². The molecular weight excluding hydrogens is 374 g/mol. The third-order valence-electron chi connectivity index (χ3n) is 3.99. The molecule has 7 heteroatoms. The first-order valence-corrected chi connectivity index (χ1v) is 9.45. The van der Waals surface area contributed by atoms with Crippen LogP contribution in [0, 0.1) is 17.0 Å². The fourth-order valence-electron chi connectivity index (χ4n) is 2.59. The molecule has 28 heavy (non-hydrogen) atoms. The Morgan fingerprint density at radius 1 is 1.00 bits per heavy atom. The molecule has 0 heterocycles. The lowest BCUT2D eigenvalue weighted by Crippen LogP contribution is -2.22. The lowest BCUT2D eigenvalue weighted by atomic mass is 10.2. The SMILES string of the molecule is Cc1cc([N+](=O)[O-])ccc1NC(=O)CNc1ccccc1Sc1ccccc1. The zero-order valence-corrected chi connectivity index (χ0v) is 16.0. The first-order valence-electron chi connectivity index (χ1n) is 8.63. The maximum absolute atomic E-state index is 12.3. The van der Waals surface area contributed by atoms with Crippen LogP contribution in [0.1, 0.15) is 5.56 Å². The Balaban J connectivity index is 1.63. The highest BCUT2D eigenvalue weighted by atomic mass is 32.2. The molecule has 0 atom stereocenters. The van der Waals surface area contributed by atoms with Crippen LogP contribution in [0.2, 0.25) is 0 Å². The molecule has 0 unspecified atom stereocenters. The van der Waals surface area contributed by atoms with E-state index in [2.05, 4.69) is 10.6 Å². The number of amides is 1. The number of hydrogen-bond acceptors (Lipinski definition) is 5. The largest absolute Gasteiger partial charge is 0.375 e. The molecule has 0 aliphatic heterocycles. The highest BCUT2D eigenvalue weighted by Gasteiger charge is 2.11. The van der Waals surface area contributed by atoms with Gasteiger partial charge in [0.05, 0.1) is 11.5 Å². The van der Waals surface area contributed by atoms with Gasteiger partial charge in [-0.3, -0.25) is 14.9 Å². The number of nitro groups is 1. The van der Waals surface area contributed by atoms with E-state index in [1.54, 1.807) is 24.8 Å². The third kappa shape index (κ3) is 5.11. The van der Waals surface area contributed by atoms with E-state index in [4.69, 9.17) is 0 Å². The maximum Gasteiger partial charge on any atom is 0.269 e. The zero-order chi connectivity index (χ0) is 19.9. The van der Waals surface area contributed by atoms with E-state index < -0.39 is 4.92 Å². The molecule has 3 aromatic carbocycles. The predicted octanol–water partition coefficient (Wildman–Crippen LogP) is 5.11. The molecule has 0 fully saturated rings. The van der Waals surface area contributed by atoms with E-state index in [-0.39, 0.29) is 18.1 Å². The van der Waals surface area contributed by atoms with E-state index in [0.29, 0.717) is 11.3 Å². The molecule has 3 rings (SSSR count). The van der Waals surface area contributed by atoms with Crippen molar-refractivity contribution in [3.05, 3.63) is 88.5 Å². The fraction of sp³-hybridized carbons (Fsp3) is 0.0952. The average Bonchev–Trinajstić information content (AvgIpc) is 2.69. The van der Waals surface area contributed by atoms with Crippen molar-refractivity contribution in [2.24, 2.45) is 0 Å². The monoisotopic (exact) mass is 393 g/mol. The number of rotatable bonds is 7. The van der Waals surface area contributed by atoms with Crippen LogP contribution in [0.15, 0.2) is 82.6 Å². The van der Waals surface area contributed by atoms with E-state index in [1.807, 2.05) is 54.6 Å². The smallest absolute Gasteiger partial charge is 0.269 e. The second-order valence-electron chi connectivity index (χ2n) is 6.07. The van der Waals surface area contributed by atoms with Crippen molar-refractivity contribution in [1.82, 2.24) is 0 Å². The van der Waals surface area contributed by atoms with Gasteiger partial charge < -0.3 is 10.6 Å². The molecule has 6 nitrogen and oxygen atoms in total. The summed E-state index contributed by atoms with van der Waals surface area (Å²) in [5.74, 6) is -0.225. The highest BCUT2D eigenvalue weighted by Crippen LogP contribution is 2.33. The number of aryl methyl sites for hydroxylation is 1. The van der Waals surface area contributed by atoms with E-state index in [1.165, 1.54) is 12.1 Å². The van der Waals surface area contributed by atoms with Gasteiger partial charge in [0.2, 0.25) is 5.91 Å². The van der Waals surface area contributed by atoms with Gasteiger partial charge in [-0.15, -0.1) is 0 Å². The Kier molecular flexibility index (Phi) is 6.29. The third-order valence-corrected chi connectivity index (χ3v) is 5.08. The number of nitrogens with one attached hydrogen (secondary N) is 2. The van der Waals surface area contributed by atoms with Gasteiger partial charge in [-0.05, 0) is 42.8 Å². The molecule has 0 aliphatic rings. The predicted molar refractivity (Wildman–Crippen MR) is 112 cm³/mol. The minimum absolute atomic E-state index is 0.000452. The lowest BCUT2D eigenvalue weighted by molar-refractivity contribution is -0.384. The molecule has 0 spiro atoms. The van der Waals surface area contributed by atoms with Crippen molar-refractivity contribution in [2.45, 2.75) is 16.7 Å². The first-order chi connectivity index (χ1) is 13.5. The number of para-hydroxylation sites is 1. The molecule has 0 aliphatic carbocycles. The number of hydrogen-bond donors (Lipinski definition) is 2. The van der Waals surface area contributed by atoms with E-state index in [0.717, 1.165) is 15.5 Å². The molecule has 0 saturated carbocycles. The number of nitrogens with zero attached hydrogens (tertiary/aromatic N) is 1. The van der Waals surface area contributed by atoms with Crippen molar-refractivity contribution < 1.29 is 9.72 Å². The second kappa shape index (κ2) is 9.05. The number of benzene rings is 3. The Hall–Kier alpha value is -3.32. The maximum atomic E-state index is 12.3.